The number of halogens is 1. The number of aromatic nitrogens is 3. The van der Waals surface area contributed by atoms with E-state index >= 15 is 0 Å². The number of rotatable bonds is 6. The van der Waals surface area contributed by atoms with Gasteiger partial charge >= 0.3 is 5.97 Å². The lowest BCUT2D eigenvalue weighted by Crippen LogP contribution is -2.11. The van der Waals surface area contributed by atoms with Crippen LogP contribution in [-0.4, -0.2) is 25.8 Å². The smallest absolute Gasteiger partial charge is 0.339 e. The molecule has 0 saturated carbocycles. The Morgan fingerprint density at radius 1 is 1.50 bits per heavy atom. The molecule has 0 aliphatic heterocycles. The number of aryl methyl sites for hydroxylation is 1. The number of carboxylic acids is 1. The molecule has 6 nitrogen and oxygen atoms in total. The molecule has 1 aromatic carbocycles. The topological polar surface area (TPSA) is 77.2 Å². The number of carboxylic acid groups (broad SMARTS) is 1. The highest BCUT2D eigenvalue weighted by Gasteiger charge is 2.16. The zero-order valence-corrected chi connectivity index (χ0v) is 10.9. The molecule has 0 unspecified atom stereocenters. The lowest BCUT2D eigenvalue weighted by molar-refractivity contribution is 0.0690. The molecular weight excluding hydrogens is 265 g/mol. The Morgan fingerprint density at radius 2 is 2.30 bits per heavy atom. The van der Waals surface area contributed by atoms with Gasteiger partial charge in [0, 0.05) is 6.54 Å². The van der Waals surface area contributed by atoms with Crippen molar-refractivity contribution in [1.29, 1.82) is 0 Å². The molecule has 1 N–H and O–H groups in total. The highest BCUT2D eigenvalue weighted by molar-refractivity contribution is 5.90. The summed E-state index contributed by atoms with van der Waals surface area (Å²) in [7, 11) is 0. The summed E-state index contributed by atoms with van der Waals surface area (Å²) in [6.07, 6.45) is 2.25. The third-order valence-corrected chi connectivity index (χ3v) is 2.67. The zero-order valence-electron chi connectivity index (χ0n) is 10.9. The average Bonchev–Trinajstić information content (AvgIpc) is 2.85. The first-order valence-electron chi connectivity index (χ1n) is 6.14. The molecule has 7 heteroatoms. The average molecular weight is 279 g/mol. The standard InChI is InChI=1S/C13H14FN3O3/c1-2-6-17-11(15-8-16-17)7-20-12-9(13(18)19)4-3-5-10(12)14/h3-5,8H,2,6-7H2,1H3,(H,18,19). The van der Waals surface area contributed by atoms with Gasteiger partial charge in [0.15, 0.2) is 17.4 Å². The van der Waals surface area contributed by atoms with E-state index in [1.54, 1.807) is 4.68 Å². The lowest BCUT2D eigenvalue weighted by atomic mass is 10.2. The molecule has 0 amide bonds. The summed E-state index contributed by atoms with van der Waals surface area (Å²) in [5.74, 6) is -1.72. The Kier molecular flexibility index (Phi) is 4.29. The molecule has 0 bridgehead atoms. The Labute approximate surface area is 114 Å². The molecular formula is C13H14FN3O3. The first kappa shape index (κ1) is 14.0. The van der Waals surface area contributed by atoms with Crippen molar-refractivity contribution in [3.05, 3.63) is 41.7 Å². The normalized spacial score (nSPS) is 10.5. The van der Waals surface area contributed by atoms with Crippen molar-refractivity contribution in [3.63, 3.8) is 0 Å². The Hall–Kier alpha value is -2.44. The molecule has 0 radical (unpaired) electrons. The number of carbonyl (C=O) groups is 1. The van der Waals surface area contributed by atoms with E-state index in [4.69, 9.17) is 9.84 Å². The number of hydrogen-bond acceptors (Lipinski definition) is 4. The fraction of sp³-hybridized carbons (Fsp3) is 0.308. The number of benzene rings is 1. The maximum absolute atomic E-state index is 13.7. The van der Waals surface area contributed by atoms with Gasteiger partial charge < -0.3 is 9.84 Å². The summed E-state index contributed by atoms with van der Waals surface area (Å²) < 4.78 is 20.6. The van der Waals surface area contributed by atoms with E-state index in [9.17, 15) is 9.18 Å². The molecule has 0 aliphatic carbocycles. The third-order valence-electron chi connectivity index (χ3n) is 2.67. The lowest BCUT2D eigenvalue weighted by Gasteiger charge is -2.10. The van der Waals surface area contributed by atoms with Crippen molar-refractivity contribution in [3.8, 4) is 5.75 Å². The van der Waals surface area contributed by atoms with Crippen LogP contribution in [0.2, 0.25) is 0 Å². The molecule has 0 saturated heterocycles. The molecule has 2 rings (SSSR count). The fourth-order valence-electron chi connectivity index (χ4n) is 1.76. The minimum absolute atomic E-state index is 0.0405. The maximum Gasteiger partial charge on any atom is 0.339 e. The van der Waals surface area contributed by atoms with E-state index < -0.39 is 11.8 Å². The van der Waals surface area contributed by atoms with Gasteiger partial charge in [-0.2, -0.15) is 5.10 Å². The molecule has 1 heterocycles. The number of ether oxygens (including phenoxy) is 1. The van der Waals surface area contributed by atoms with Crippen LogP contribution in [0.3, 0.4) is 0 Å². The van der Waals surface area contributed by atoms with Gasteiger partial charge in [-0.3, -0.25) is 0 Å². The first-order valence-corrected chi connectivity index (χ1v) is 6.14. The van der Waals surface area contributed by atoms with Crippen LogP contribution in [0.25, 0.3) is 0 Å². The maximum atomic E-state index is 13.7. The van der Waals surface area contributed by atoms with E-state index in [-0.39, 0.29) is 17.9 Å². The summed E-state index contributed by atoms with van der Waals surface area (Å²) in [5.41, 5.74) is -0.216. The minimum atomic E-state index is -1.24. The van der Waals surface area contributed by atoms with Gasteiger partial charge in [-0.05, 0) is 18.6 Å². The van der Waals surface area contributed by atoms with Crippen molar-refractivity contribution in [2.75, 3.05) is 0 Å². The van der Waals surface area contributed by atoms with Crippen molar-refractivity contribution in [2.45, 2.75) is 26.5 Å². The summed E-state index contributed by atoms with van der Waals surface area (Å²) in [5, 5.41) is 13.0. The molecule has 1 aromatic heterocycles. The predicted molar refractivity (Wildman–Crippen MR) is 68.0 cm³/mol. The molecule has 2 aromatic rings. The summed E-state index contributed by atoms with van der Waals surface area (Å²) in [6, 6.07) is 3.77. The van der Waals surface area contributed by atoms with Gasteiger partial charge in [0.2, 0.25) is 0 Å². The van der Waals surface area contributed by atoms with Crippen molar-refractivity contribution in [1.82, 2.24) is 14.8 Å². The number of hydrogen-bond donors (Lipinski definition) is 1. The molecule has 0 fully saturated rings. The van der Waals surface area contributed by atoms with Gasteiger partial charge in [-0.1, -0.05) is 13.0 Å². The van der Waals surface area contributed by atoms with E-state index in [0.29, 0.717) is 12.4 Å². The summed E-state index contributed by atoms with van der Waals surface area (Å²) in [6.45, 7) is 2.62. The van der Waals surface area contributed by atoms with Gasteiger partial charge in [0.25, 0.3) is 0 Å². The summed E-state index contributed by atoms with van der Waals surface area (Å²) in [4.78, 5) is 15.0. The van der Waals surface area contributed by atoms with Gasteiger partial charge in [0.05, 0.1) is 0 Å². The molecule has 20 heavy (non-hydrogen) atoms. The second-order valence-corrected chi connectivity index (χ2v) is 4.11. The monoisotopic (exact) mass is 279 g/mol. The van der Waals surface area contributed by atoms with Crippen LogP contribution in [0.15, 0.2) is 24.5 Å². The van der Waals surface area contributed by atoms with Crippen molar-refractivity contribution in [2.24, 2.45) is 0 Å². The van der Waals surface area contributed by atoms with Gasteiger partial charge in [-0.25, -0.2) is 18.9 Å². The van der Waals surface area contributed by atoms with Crippen LogP contribution in [0, 0.1) is 5.82 Å². The van der Waals surface area contributed by atoms with Crippen molar-refractivity contribution < 1.29 is 19.0 Å². The van der Waals surface area contributed by atoms with E-state index in [0.717, 1.165) is 12.5 Å². The minimum Gasteiger partial charge on any atom is -0.482 e. The second-order valence-electron chi connectivity index (χ2n) is 4.11. The molecule has 0 spiro atoms. The molecule has 0 aliphatic rings. The zero-order chi connectivity index (χ0) is 14.5. The number of aromatic carboxylic acids is 1. The quantitative estimate of drug-likeness (QED) is 0.876. The van der Waals surface area contributed by atoms with Crippen LogP contribution in [-0.2, 0) is 13.2 Å². The number of para-hydroxylation sites is 1. The summed E-state index contributed by atoms with van der Waals surface area (Å²) >= 11 is 0. The van der Waals surface area contributed by atoms with Gasteiger partial charge in [-0.15, -0.1) is 0 Å². The Morgan fingerprint density at radius 3 is 3.00 bits per heavy atom. The third kappa shape index (κ3) is 2.93. The van der Waals surface area contributed by atoms with E-state index in [1.165, 1.54) is 18.5 Å². The predicted octanol–water partition coefficient (Wildman–Crippen LogP) is 2.10. The van der Waals surface area contributed by atoms with E-state index in [1.807, 2.05) is 6.92 Å². The van der Waals surface area contributed by atoms with Crippen LogP contribution < -0.4 is 4.74 Å². The highest BCUT2D eigenvalue weighted by atomic mass is 19.1. The van der Waals surface area contributed by atoms with Crippen LogP contribution in [0.4, 0.5) is 4.39 Å². The first-order chi connectivity index (χ1) is 9.63. The molecule has 0 atom stereocenters. The highest BCUT2D eigenvalue weighted by Crippen LogP contribution is 2.23. The second kappa shape index (κ2) is 6.14. The van der Waals surface area contributed by atoms with Crippen LogP contribution in [0.1, 0.15) is 29.5 Å². The Balaban J connectivity index is 2.18. The van der Waals surface area contributed by atoms with Crippen LogP contribution >= 0.6 is 0 Å². The molecule has 106 valence electrons. The number of nitrogens with zero attached hydrogens (tertiary/aromatic N) is 3. The van der Waals surface area contributed by atoms with Gasteiger partial charge in [0.1, 0.15) is 18.5 Å². The largest absolute Gasteiger partial charge is 0.482 e. The van der Waals surface area contributed by atoms with Crippen LogP contribution in [0.5, 0.6) is 5.75 Å². The Bertz CT molecular complexity index is 613. The van der Waals surface area contributed by atoms with Crippen molar-refractivity contribution >= 4 is 5.97 Å². The fourth-order valence-corrected chi connectivity index (χ4v) is 1.76. The SMILES string of the molecule is CCCn1ncnc1COc1c(F)cccc1C(=O)O. The van der Waals surface area contributed by atoms with E-state index in [2.05, 4.69) is 10.1 Å².